The second-order valence-electron chi connectivity index (χ2n) is 7.98. The van der Waals surface area contributed by atoms with Crippen molar-refractivity contribution in [1.82, 2.24) is 19.4 Å². The Morgan fingerprint density at radius 3 is 2.59 bits per heavy atom. The van der Waals surface area contributed by atoms with E-state index in [0.717, 1.165) is 34.6 Å². The first-order valence-electron chi connectivity index (χ1n) is 9.07. The third kappa shape index (κ3) is 3.99. The van der Waals surface area contributed by atoms with Gasteiger partial charge in [0.25, 0.3) is 0 Å². The van der Waals surface area contributed by atoms with Crippen LogP contribution in [0.15, 0.2) is 30.7 Å². The van der Waals surface area contributed by atoms with Crippen molar-refractivity contribution < 1.29 is 4.39 Å². The highest BCUT2D eigenvalue weighted by Gasteiger charge is 2.15. The number of pyridine rings is 1. The molecule has 0 amide bonds. The lowest BCUT2D eigenvalue weighted by Crippen LogP contribution is -2.20. The lowest BCUT2D eigenvalue weighted by Gasteiger charge is -2.19. The highest BCUT2D eigenvalue weighted by molar-refractivity contribution is 5.80. The summed E-state index contributed by atoms with van der Waals surface area (Å²) >= 11 is 0. The standard InChI is InChI=1S/C21H26FN5/c1-7-16(15-8-18(22)19-23-9-13(2)27(19)11-15)17-10-24-20(26-14(17)3)25-12-21(4,5)6/h7-11H,12H2,1-6H3,(H,24,25,26)/b16-7-. The normalized spacial score (nSPS) is 12.6. The minimum atomic E-state index is -0.345. The summed E-state index contributed by atoms with van der Waals surface area (Å²) in [4.78, 5) is 13.2. The number of nitrogens with zero attached hydrogens (tertiary/aromatic N) is 4. The minimum Gasteiger partial charge on any atom is -0.354 e. The summed E-state index contributed by atoms with van der Waals surface area (Å²) in [6.45, 7) is 13.0. The lowest BCUT2D eigenvalue weighted by molar-refractivity contribution is 0.441. The summed E-state index contributed by atoms with van der Waals surface area (Å²) in [5.74, 6) is 0.260. The number of aromatic nitrogens is 4. The van der Waals surface area contributed by atoms with E-state index in [1.165, 1.54) is 6.07 Å². The third-order valence-electron chi connectivity index (χ3n) is 4.39. The fourth-order valence-electron chi connectivity index (χ4n) is 2.95. The molecule has 5 nitrogen and oxygen atoms in total. The van der Waals surface area contributed by atoms with Crippen molar-refractivity contribution in [2.45, 2.75) is 41.5 Å². The Hall–Kier alpha value is -2.76. The van der Waals surface area contributed by atoms with Crippen LogP contribution in [0, 0.1) is 25.1 Å². The fourth-order valence-corrected chi connectivity index (χ4v) is 2.95. The summed E-state index contributed by atoms with van der Waals surface area (Å²) < 4.78 is 16.3. The van der Waals surface area contributed by atoms with Gasteiger partial charge in [-0.3, -0.25) is 0 Å². The van der Waals surface area contributed by atoms with Crippen molar-refractivity contribution in [3.63, 3.8) is 0 Å². The molecule has 3 rings (SSSR count). The maximum Gasteiger partial charge on any atom is 0.222 e. The maximum absolute atomic E-state index is 14.5. The smallest absolute Gasteiger partial charge is 0.222 e. The van der Waals surface area contributed by atoms with Crippen molar-refractivity contribution >= 4 is 17.2 Å². The van der Waals surface area contributed by atoms with Gasteiger partial charge in [0.1, 0.15) is 0 Å². The van der Waals surface area contributed by atoms with Crippen LogP contribution in [0.2, 0.25) is 0 Å². The summed E-state index contributed by atoms with van der Waals surface area (Å²) in [6.07, 6.45) is 7.33. The first-order valence-corrected chi connectivity index (χ1v) is 9.07. The molecule has 0 unspecified atom stereocenters. The molecule has 0 fully saturated rings. The van der Waals surface area contributed by atoms with Gasteiger partial charge in [-0.25, -0.2) is 19.3 Å². The Balaban J connectivity index is 1.98. The maximum atomic E-state index is 14.5. The molecule has 0 saturated carbocycles. The Bertz CT molecular complexity index is 1010. The molecule has 6 heteroatoms. The van der Waals surface area contributed by atoms with E-state index in [0.29, 0.717) is 11.6 Å². The van der Waals surface area contributed by atoms with E-state index < -0.39 is 0 Å². The van der Waals surface area contributed by atoms with Crippen LogP contribution in [0.25, 0.3) is 11.2 Å². The molecule has 1 N–H and O–H groups in total. The molecule has 3 aromatic heterocycles. The molecule has 27 heavy (non-hydrogen) atoms. The molecule has 0 bridgehead atoms. The monoisotopic (exact) mass is 367 g/mol. The fraction of sp³-hybridized carbons (Fsp3) is 0.381. The average molecular weight is 367 g/mol. The number of nitrogens with one attached hydrogen (secondary N) is 1. The molecule has 0 aliphatic rings. The SMILES string of the molecule is C/C=C(/c1cc(F)c2ncc(C)n2c1)c1cnc(NCC(C)(C)C)nc1C. The molecule has 0 aromatic carbocycles. The van der Waals surface area contributed by atoms with Gasteiger partial charge in [-0.2, -0.15) is 0 Å². The highest BCUT2D eigenvalue weighted by atomic mass is 19.1. The number of aryl methyl sites for hydroxylation is 2. The van der Waals surface area contributed by atoms with Crippen molar-refractivity contribution in [1.29, 1.82) is 0 Å². The van der Waals surface area contributed by atoms with Crippen LogP contribution >= 0.6 is 0 Å². The molecule has 0 radical (unpaired) electrons. The van der Waals surface area contributed by atoms with E-state index >= 15 is 0 Å². The van der Waals surface area contributed by atoms with Crippen LogP contribution in [0.5, 0.6) is 0 Å². The van der Waals surface area contributed by atoms with Gasteiger partial charge in [-0.15, -0.1) is 0 Å². The molecule has 0 saturated heterocycles. The zero-order chi connectivity index (χ0) is 19.8. The number of hydrogen-bond donors (Lipinski definition) is 1. The summed E-state index contributed by atoms with van der Waals surface area (Å²) in [7, 11) is 0. The van der Waals surface area contributed by atoms with Gasteiger partial charge >= 0.3 is 0 Å². The Morgan fingerprint density at radius 1 is 1.22 bits per heavy atom. The number of rotatable bonds is 4. The summed E-state index contributed by atoms with van der Waals surface area (Å²) in [5, 5.41) is 3.27. The third-order valence-corrected chi connectivity index (χ3v) is 4.39. The molecule has 142 valence electrons. The molecule has 0 aliphatic heterocycles. The van der Waals surface area contributed by atoms with Crippen molar-refractivity contribution in [3.8, 4) is 0 Å². The van der Waals surface area contributed by atoms with Gasteiger partial charge in [0.05, 0.1) is 5.69 Å². The Kier molecular flexibility index (Phi) is 5.00. The van der Waals surface area contributed by atoms with Gasteiger partial charge in [-0.05, 0) is 37.8 Å². The van der Waals surface area contributed by atoms with Crippen LogP contribution in [-0.4, -0.2) is 25.9 Å². The van der Waals surface area contributed by atoms with Crippen LogP contribution in [0.1, 0.15) is 50.2 Å². The number of fused-ring (bicyclic) bond motifs is 1. The van der Waals surface area contributed by atoms with Crippen LogP contribution in [0.4, 0.5) is 10.3 Å². The van der Waals surface area contributed by atoms with E-state index in [4.69, 9.17) is 0 Å². The second kappa shape index (κ2) is 7.10. The van der Waals surface area contributed by atoms with E-state index in [1.54, 1.807) is 16.8 Å². The number of imidazole rings is 1. The van der Waals surface area contributed by atoms with Crippen molar-refractivity contribution in [2.75, 3.05) is 11.9 Å². The first kappa shape index (κ1) is 19.0. The van der Waals surface area contributed by atoms with E-state index in [1.807, 2.05) is 33.0 Å². The molecule has 3 heterocycles. The molecular formula is C21H26FN5. The zero-order valence-corrected chi connectivity index (χ0v) is 16.8. The average Bonchev–Trinajstić information content (AvgIpc) is 2.97. The van der Waals surface area contributed by atoms with Gasteiger partial charge in [-0.1, -0.05) is 26.8 Å². The number of anilines is 1. The van der Waals surface area contributed by atoms with Gasteiger partial charge < -0.3 is 9.72 Å². The van der Waals surface area contributed by atoms with E-state index in [-0.39, 0.29) is 11.2 Å². The van der Waals surface area contributed by atoms with E-state index in [2.05, 4.69) is 41.0 Å². The predicted octanol–water partition coefficient (Wildman–Crippen LogP) is 4.79. The van der Waals surface area contributed by atoms with Crippen molar-refractivity contribution in [2.24, 2.45) is 5.41 Å². The number of allylic oxidation sites excluding steroid dienone is 1. The molecule has 0 atom stereocenters. The highest BCUT2D eigenvalue weighted by Crippen LogP contribution is 2.27. The van der Waals surface area contributed by atoms with Gasteiger partial charge in [0, 0.05) is 42.0 Å². The second-order valence-corrected chi connectivity index (χ2v) is 7.98. The van der Waals surface area contributed by atoms with Crippen LogP contribution in [0.3, 0.4) is 0 Å². The molecule has 3 aromatic rings. The van der Waals surface area contributed by atoms with Gasteiger partial charge in [0.15, 0.2) is 11.5 Å². The van der Waals surface area contributed by atoms with E-state index in [9.17, 15) is 4.39 Å². The summed E-state index contributed by atoms with van der Waals surface area (Å²) in [6, 6.07) is 1.52. The lowest BCUT2D eigenvalue weighted by atomic mass is 9.97. The van der Waals surface area contributed by atoms with Crippen molar-refractivity contribution in [3.05, 3.63) is 59.1 Å². The number of halogens is 1. The minimum absolute atomic E-state index is 0.139. The van der Waals surface area contributed by atoms with Crippen LogP contribution in [-0.2, 0) is 0 Å². The van der Waals surface area contributed by atoms with Gasteiger partial charge in [0.2, 0.25) is 5.95 Å². The largest absolute Gasteiger partial charge is 0.354 e. The Morgan fingerprint density at radius 2 is 1.96 bits per heavy atom. The number of hydrogen-bond acceptors (Lipinski definition) is 4. The van der Waals surface area contributed by atoms with Crippen LogP contribution < -0.4 is 5.32 Å². The summed E-state index contributed by atoms with van der Waals surface area (Å²) in [5.41, 5.74) is 4.75. The molecule has 0 spiro atoms. The quantitative estimate of drug-likeness (QED) is 0.720. The molecular weight excluding hydrogens is 341 g/mol. The topological polar surface area (TPSA) is 55.1 Å². The predicted molar refractivity (Wildman–Crippen MR) is 107 cm³/mol. The molecule has 0 aliphatic carbocycles. The Labute approximate surface area is 159 Å². The zero-order valence-electron chi connectivity index (χ0n) is 16.8. The first-order chi connectivity index (χ1) is 12.7.